The molecule has 1 N–H and O–H groups in total. The zero-order valence-electron chi connectivity index (χ0n) is 13.0. The first-order valence-electron chi connectivity index (χ1n) is 7.90. The number of hydrogen-bond acceptors (Lipinski definition) is 2. The van der Waals surface area contributed by atoms with E-state index in [0.29, 0.717) is 6.04 Å². The molecule has 1 aromatic carbocycles. The Morgan fingerprint density at radius 1 is 1.48 bits per heavy atom. The van der Waals surface area contributed by atoms with Crippen LogP contribution in [0.25, 0.3) is 0 Å². The second kappa shape index (κ2) is 7.95. The molecule has 1 aliphatic heterocycles. The Hall–Kier alpha value is -0.870. The average molecular weight is 353 g/mol. The minimum absolute atomic E-state index is 0.143. The first-order valence-corrected chi connectivity index (χ1v) is 8.70. The molecular formula is C17H25BrN2O. The van der Waals surface area contributed by atoms with Gasteiger partial charge in [0.2, 0.25) is 0 Å². The minimum Gasteiger partial charge on any atom is -0.337 e. The largest absolute Gasteiger partial charge is 0.337 e. The molecular weight excluding hydrogens is 328 g/mol. The third-order valence-electron chi connectivity index (χ3n) is 4.03. The number of hydrogen-bond donors (Lipinski definition) is 1. The van der Waals surface area contributed by atoms with Gasteiger partial charge in [-0.25, -0.2) is 0 Å². The second-order valence-electron chi connectivity index (χ2n) is 5.88. The maximum atomic E-state index is 12.8. The quantitative estimate of drug-likeness (QED) is 0.845. The van der Waals surface area contributed by atoms with Crippen LogP contribution in [-0.4, -0.2) is 36.5 Å². The number of rotatable bonds is 6. The van der Waals surface area contributed by atoms with Gasteiger partial charge in [0.1, 0.15) is 0 Å². The SMILES string of the molecule is CCCCN(CC1CCCN1)C(=O)c1ccc(C)cc1Br. The predicted molar refractivity (Wildman–Crippen MR) is 90.7 cm³/mol. The summed E-state index contributed by atoms with van der Waals surface area (Å²) in [6, 6.07) is 6.40. The number of nitrogens with zero attached hydrogens (tertiary/aromatic N) is 1. The Balaban J connectivity index is 2.11. The molecule has 0 spiro atoms. The fourth-order valence-corrected chi connectivity index (χ4v) is 3.43. The van der Waals surface area contributed by atoms with Crippen LogP contribution in [0.4, 0.5) is 0 Å². The average Bonchev–Trinajstić information content (AvgIpc) is 2.95. The van der Waals surface area contributed by atoms with E-state index in [4.69, 9.17) is 0 Å². The lowest BCUT2D eigenvalue weighted by molar-refractivity contribution is 0.0738. The van der Waals surface area contributed by atoms with Crippen LogP contribution in [0, 0.1) is 6.92 Å². The van der Waals surface area contributed by atoms with Crippen LogP contribution < -0.4 is 5.32 Å². The Bertz CT molecular complexity index is 484. The maximum absolute atomic E-state index is 12.8. The van der Waals surface area contributed by atoms with Crippen molar-refractivity contribution in [1.82, 2.24) is 10.2 Å². The third-order valence-corrected chi connectivity index (χ3v) is 4.68. The van der Waals surface area contributed by atoms with Gasteiger partial charge in [-0.15, -0.1) is 0 Å². The summed E-state index contributed by atoms with van der Waals surface area (Å²) in [4.78, 5) is 14.9. The molecule has 4 heteroatoms. The lowest BCUT2D eigenvalue weighted by atomic mass is 10.1. The molecule has 0 aromatic heterocycles. The zero-order valence-corrected chi connectivity index (χ0v) is 14.6. The molecule has 1 unspecified atom stereocenters. The molecule has 1 amide bonds. The van der Waals surface area contributed by atoms with Crippen molar-refractivity contribution in [1.29, 1.82) is 0 Å². The van der Waals surface area contributed by atoms with Crippen molar-refractivity contribution < 1.29 is 4.79 Å². The number of halogens is 1. The van der Waals surface area contributed by atoms with Gasteiger partial charge in [0.05, 0.1) is 5.56 Å². The summed E-state index contributed by atoms with van der Waals surface area (Å²) in [5.41, 5.74) is 1.94. The van der Waals surface area contributed by atoms with Crippen LogP contribution in [-0.2, 0) is 0 Å². The third kappa shape index (κ3) is 4.55. The Labute approximate surface area is 136 Å². The number of benzene rings is 1. The minimum atomic E-state index is 0.143. The highest BCUT2D eigenvalue weighted by molar-refractivity contribution is 9.10. The van der Waals surface area contributed by atoms with E-state index in [2.05, 4.69) is 28.2 Å². The zero-order chi connectivity index (χ0) is 15.2. The van der Waals surface area contributed by atoms with E-state index in [9.17, 15) is 4.79 Å². The highest BCUT2D eigenvalue weighted by Crippen LogP contribution is 2.21. The summed E-state index contributed by atoms with van der Waals surface area (Å²) < 4.78 is 0.897. The summed E-state index contributed by atoms with van der Waals surface area (Å²) in [5.74, 6) is 0.143. The van der Waals surface area contributed by atoms with Gasteiger partial charge in [-0.1, -0.05) is 19.4 Å². The van der Waals surface area contributed by atoms with Crippen molar-refractivity contribution >= 4 is 21.8 Å². The highest BCUT2D eigenvalue weighted by atomic mass is 79.9. The lowest BCUT2D eigenvalue weighted by Gasteiger charge is -2.26. The molecule has 1 fully saturated rings. The van der Waals surface area contributed by atoms with E-state index >= 15 is 0 Å². The van der Waals surface area contributed by atoms with Crippen molar-refractivity contribution in [3.8, 4) is 0 Å². The van der Waals surface area contributed by atoms with Crippen LogP contribution in [0.5, 0.6) is 0 Å². The highest BCUT2D eigenvalue weighted by Gasteiger charge is 2.23. The van der Waals surface area contributed by atoms with Crippen molar-refractivity contribution in [3.63, 3.8) is 0 Å². The topological polar surface area (TPSA) is 32.3 Å². The molecule has 2 rings (SSSR count). The number of nitrogens with one attached hydrogen (secondary N) is 1. The van der Waals surface area contributed by atoms with Crippen molar-refractivity contribution in [2.75, 3.05) is 19.6 Å². The molecule has 0 saturated carbocycles. The van der Waals surface area contributed by atoms with Crippen LogP contribution >= 0.6 is 15.9 Å². The summed E-state index contributed by atoms with van der Waals surface area (Å²) in [6.45, 7) is 6.94. The number of carbonyl (C=O) groups excluding carboxylic acids is 1. The molecule has 21 heavy (non-hydrogen) atoms. The van der Waals surface area contributed by atoms with Gasteiger partial charge >= 0.3 is 0 Å². The smallest absolute Gasteiger partial charge is 0.255 e. The van der Waals surface area contributed by atoms with E-state index in [1.807, 2.05) is 30.0 Å². The lowest BCUT2D eigenvalue weighted by Crippen LogP contribution is -2.41. The molecule has 3 nitrogen and oxygen atoms in total. The van der Waals surface area contributed by atoms with E-state index in [-0.39, 0.29) is 5.91 Å². The van der Waals surface area contributed by atoms with Gasteiger partial charge < -0.3 is 10.2 Å². The first-order chi connectivity index (χ1) is 10.1. The Kier molecular flexibility index (Phi) is 6.24. The van der Waals surface area contributed by atoms with Crippen LogP contribution in [0.3, 0.4) is 0 Å². The molecule has 0 radical (unpaired) electrons. The van der Waals surface area contributed by atoms with Gasteiger partial charge in [-0.2, -0.15) is 0 Å². The fourth-order valence-electron chi connectivity index (χ4n) is 2.77. The first kappa shape index (κ1) is 16.5. The summed E-state index contributed by atoms with van der Waals surface area (Å²) in [5, 5.41) is 3.49. The summed E-state index contributed by atoms with van der Waals surface area (Å²) in [7, 11) is 0. The van der Waals surface area contributed by atoms with Crippen molar-refractivity contribution in [2.24, 2.45) is 0 Å². The molecule has 116 valence electrons. The Morgan fingerprint density at radius 3 is 2.90 bits per heavy atom. The van der Waals surface area contributed by atoms with Crippen molar-refractivity contribution in [2.45, 2.75) is 45.6 Å². The van der Waals surface area contributed by atoms with Crippen molar-refractivity contribution in [3.05, 3.63) is 33.8 Å². The molecule has 0 bridgehead atoms. The normalized spacial score (nSPS) is 18.0. The van der Waals surface area contributed by atoms with Gasteiger partial charge in [0.25, 0.3) is 5.91 Å². The fraction of sp³-hybridized carbons (Fsp3) is 0.588. The van der Waals surface area contributed by atoms with E-state index in [1.165, 1.54) is 12.8 Å². The number of amides is 1. The van der Waals surface area contributed by atoms with Gasteiger partial charge in [-0.3, -0.25) is 4.79 Å². The van der Waals surface area contributed by atoms with Gasteiger partial charge in [0, 0.05) is 23.6 Å². The van der Waals surface area contributed by atoms with Gasteiger partial charge in [-0.05, 0) is 66.4 Å². The molecule has 0 aliphatic carbocycles. The van der Waals surface area contributed by atoms with Crippen LogP contribution in [0.1, 0.15) is 48.5 Å². The molecule has 1 aromatic rings. The standard InChI is InChI=1S/C17H25BrN2O/c1-3-4-10-20(12-14-6-5-9-19-14)17(21)15-8-7-13(2)11-16(15)18/h7-8,11,14,19H,3-6,9-10,12H2,1-2H3. The molecule has 1 saturated heterocycles. The predicted octanol–water partition coefficient (Wildman–Crippen LogP) is 3.75. The van der Waals surface area contributed by atoms with Crippen LogP contribution in [0.15, 0.2) is 22.7 Å². The monoisotopic (exact) mass is 352 g/mol. The van der Waals surface area contributed by atoms with Crippen LogP contribution in [0.2, 0.25) is 0 Å². The number of aryl methyl sites for hydroxylation is 1. The van der Waals surface area contributed by atoms with Gasteiger partial charge in [0.15, 0.2) is 0 Å². The van der Waals surface area contributed by atoms with E-state index in [0.717, 1.165) is 48.1 Å². The second-order valence-corrected chi connectivity index (χ2v) is 6.74. The van der Waals surface area contributed by atoms with E-state index in [1.54, 1.807) is 0 Å². The molecule has 1 atom stereocenters. The summed E-state index contributed by atoms with van der Waals surface area (Å²) >= 11 is 3.53. The summed E-state index contributed by atoms with van der Waals surface area (Å²) in [6.07, 6.45) is 4.55. The molecule has 1 heterocycles. The van der Waals surface area contributed by atoms with E-state index < -0.39 is 0 Å². The Morgan fingerprint density at radius 2 is 2.29 bits per heavy atom. The number of carbonyl (C=O) groups is 1. The molecule has 1 aliphatic rings. The number of unbranched alkanes of at least 4 members (excludes halogenated alkanes) is 1. The maximum Gasteiger partial charge on any atom is 0.255 e.